The first kappa shape index (κ1) is 18.0. The Labute approximate surface area is 151 Å². The Balaban J connectivity index is 1.96. The SMILES string of the molecule is Cc1ccc(NC(=O)Cn2cnc3c2c(=O)n(C)c(=O)n3C)c([N+](=O)O)c1. The van der Waals surface area contributed by atoms with Crippen LogP contribution in [0.5, 0.6) is 0 Å². The fourth-order valence-corrected chi connectivity index (χ4v) is 2.77. The topological polar surface area (TPSA) is 131 Å². The number of fused-ring (bicyclic) bond motifs is 1. The summed E-state index contributed by atoms with van der Waals surface area (Å²) in [7, 11) is 2.81. The zero-order valence-electron chi connectivity index (χ0n) is 14.8. The molecular weight excluding hydrogens is 356 g/mol. The van der Waals surface area contributed by atoms with E-state index in [2.05, 4.69) is 10.3 Å². The van der Waals surface area contributed by atoms with E-state index in [-0.39, 0.29) is 34.0 Å². The molecule has 11 nitrogen and oxygen atoms in total. The zero-order chi connectivity index (χ0) is 19.9. The minimum atomic E-state index is -0.574. The molecule has 0 atom stereocenters. The summed E-state index contributed by atoms with van der Waals surface area (Å²) in [6.45, 7) is 1.46. The molecule has 0 fully saturated rings. The predicted molar refractivity (Wildman–Crippen MR) is 95.1 cm³/mol. The molecule has 0 bridgehead atoms. The van der Waals surface area contributed by atoms with Crippen molar-refractivity contribution in [3.63, 3.8) is 0 Å². The molecule has 0 saturated heterocycles. The van der Waals surface area contributed by atoms with Crippen LogP contribution < -0.4 is 16.6 Å². The summed E-state index contributed by atoms with van der Waals surface area (Å²) >= 11 is 0. The molecule has 140 valence electrons. The van der Waals surface area contributed by atoms with E-state index in [0.29, 0.717) is 0 Å². The third-order valence-electron chi connectivity index (χ3n) is 4.16. The van der Waals surface area contributed by atoms with E-state index in [9.17, 15) is 24.5 Å². The predicted octanol–water partition coefficient (Wildman–Crippen LogP) is 0.180. The third kappa shape index (κ3) is 3.10. The molecule has 2 N–H and O–H groups in total. The molecule has 1 amide bonds. The molecule has 3 rings (SSSR count). The first-order valence-electron chi connectivity index (χ1n) is 7.88. The molecule has 27 heavy (non-hydrogen) atoms. The van der Waals surface area contributed by atoms with Crippen molar-refractivity contribution in [2.45, 2.75) is 13.5 Å². The van der Waals surface area contributed by atoms with Gasteiger partial charge in [-0.25, -0.2) is 15.0 Å². The maximum atomic E-state index is 12.4. The number of amides is 1. The highest BCUT2D eigenvalue weighted by Gasteiger charge is 2.21. The summed E-state index contributed by atoms with van der Waals surface area (Å²) in [5.41, 5.74) is -0.104. The van der Waals surface area contributed by atoms with Crippen molar-refractivity contribution < 1.29 is 14.9 Å². The van der Waals surface area contributed by atoms with E-state index in [1.54, 1.807) is 13.0 Å². The second-order valence-corrected chi connectivity index (χ2v) is 6.09. The van der Waals surface area contributed by atoms with Gasteiger partial charge in [0.05, 0.1) is 11.2 Å². The molecule has 0 unspecified atom stereocenters. The quantitative estimate of drug-likeness (QED) is 0.627. The van der Waals surface area contributed by atoms with Crippen molar-refractivity contribution in [2.75, 3.05) is 5.32 Å². The Morgan fingerprint density at radius 1 is 1.26 bits per heavy atom. The Kier molecular flexibility index (Phi) is 4.35. The highest BCUT2D eigenvalue weighted by molar-refractivity contribution is 5.93. The molecule has 2 heterocycles. The lowest BCUT2D eigenvalue weighted by Crippen LogP contribution is -2.37. The van der Waals surface area contributed by atoms with Crippen LogP contribution in [-0.2, 0) is 25.4 Å². The summed E-state index contributed by atoms with van der Waals surface area (Å²) in [6, 6.07) is 4.57. The smallest absolute Gasteiger partial charge is 0.319 e. The van der Waals surface area contributed by atoms with Gasteiger partial charge >= 0.3 is 11.4 Å². The van der Waals surface area contributed by atoms with E-state index < -0.39 is 17.2 Å². The van der Waals surface area contributed by atoms with Gasteiger partial charge in [-0.3, -0.25) is 18.7 Å². The number of carbonyl (C=O) groups is 1. The van der Waals surface area contributed by atoms with E-state index in [1.165, 1.54) is 41.7 Å². The van der Waals surface area contributed by atoms with Gasteiger partial charge in [-0.1, -0.05) is 6.07 Å². The number of anilines is 1. The molecule has 2 aromatic heterocycles. The fraction of sp³-hybridized carbons (Fsp3) is 0.250. The summed E-state index contributed by atoms with van der Waals surface area (Å²) in [6.07, 6.45) is 1.28. The second-order valence-electron chi connectivity index (χ2n) is 6.09. The number of nitrogens with zero attached hydrogens (tertiary/aromatic N) is 5. The van der Waals surface area contributed by atoms with Crippen molar-refractivity contribution in [1.82, 2.24) is 18.7 Å². The first-order valence-corrected chi connectivity index (χ1v) is 7.88. The average molecular weight is 373 g/mol. The number of rotatable bonds is 4. The van der Waals surface area contributed by atoms with Crippen LogP contribution in [-0.4, -0.2) is 34.7 Å². The van der Waals surface area contributed by atoms with Crippen LogP contribution in [0.3, 0.4) is 0 Å². The van der Waals surface area contributed by atoms with Gasteiger partial charge in [0.1, 0.15) is 12.2 Å². The molecule has 0 spiro atoms. The zero-order valence-corrected chi connectivity index (χ0v) is 14.8. The summed E-state index contributed by atoms with van der Waals surface area (Å²) in [5.74, 6) is -0.544. The van der Waals surface area contributed by atoms with Gasteiger partial charge in [0.2, 0.25) is 5.91 Å². The molecule has 0 saturated carbocycles. The van der Waals surface area contributed by atoms with Crippen molar-refractivity contribution in [3.05, 3.63) is 55.8 Å². The number of imidazole rings is 1. The van der Waals surface area contributed by atoms with Crippen LogP contribution in [0.4, 0.5) is 11.4 Å². The van der Waals surface area contributed by atoms with E-state index in [4.69, 9.17) is 0 Å². The van der Waals surface area contributed by atoms with Crippen LogP contribution in [0.15, 0.2) is 34.1 Å². The number of hydrogen-bond acceptors (Lipinski definition) is 5. The second kappa shape index (κ2) is 6.52. The molecule has 0 aliphatic carbocycles. The number of nitrogens with one attached hydrogen (secondary N) is 1. The Bertz CT molecular complexity index is 1200. The normalized spacial score (nSPS) is 10.9. The van der Waals surface area contributed by atoms with Gasteiger partial charge in [-0.2, -0.15) is 0 Å². The van der Waals surface area contributed by atoms with Gasteiger partial charge in [0, 0.05) is 20.2 Å². The molecule has 0 aliphatic rings. The van der Waals surface area contributed by atoms with Crippen LogP contribution in [0.1, 0.15) is 5.56 Å². The van der Waals surface area contributed by atoms with Crippen LogP contribution in [0.2, 0.25) is 0 Å². The van der Waals surface area contributed by atoms with Gasteiger partial charge in [-0.15, -0.1) is 0 Å². The molecule has 0 aliphatic heterocycles. The number of carbonyl (C=O) groups excluding carboxylic acids is 1. The van der Waals surface area contributed by atoms with Gasteiger partial charge in [0.25, 0.3) is 10.5 Å². The number of aromatic nitrogens is 4. The van der Waals surface area contributed by atoms with Gasteiger partial charge in [-0.05, 0) is 18.6 Å². The maximum Gasteiger partial charge on any atom is 0.340 e. The third-order valence-corrected chi connectivity index (χ3v) is 4.16. The Hall–Kier alpha value is -3.76. The molecule has 0 radical (unpaired) electrons. The fourth-order valence-electron chi connectivity index (χ4n) is 2.77. The molecule has 3 aromatic rings. The van der Waals surface area contributed by atoms with E-state index in [0.717, 1.165) is 10.1 Å². The summed E-state index contributed by atoms with van der Waals surface area (Å²) < 4.78 is 3.45. The Morgan fingerprint density at radius 2 is 1.96 bits per heavy atom. The summed E-state index contributed by atoms with van der Waals surface area (Å²) in [5, 5.41) is 11.7. The van der Waals surface area contributed by atoms with Crippen molar-refractivity contribution >= 4 is 28.4 Å². The highest BCUT2D eigenvalue weighted by Crippen LogP contribution is 2.24. The summed E-state index contributed by atoms with van der Waals surface area (Å²) in [4.78, 5) is 51.7. The molecule has 11 heteroatoms. The lowest BCUT2D eigenvalue weighted by atomic mass is 10.2. The average Bonchev–Trinajstić information content (AvgIpc) is 3.03. The minimum absolute atomic E-state index is 0.103. The number of aryl methyl sites for hydroxylation is 2. The lowest BCUT2D eigenvalue weighted by molar-refractivity contribution is -0.729. The lowest BCUT2D eigenvalue weighted by Gasteiger charge is -2.08. The molecule has 1 aromatic carbocycles. The van der Waals surface area contributed by atoms with E-state index >= 15 is 0 Å². The van der Waals surface area contributed by atoms with Crippen LogP contribution in [0.25, 0.3) is 11.2 Å². The first-order chi connectivity index (χ1) is 12.7. The number of benzene rings is 1. The standard InChI is InChI=1S/C16H16N6O5/c1-9-4-5-10(11(6-9)22(26)27)18-12(23)7-21-8-17-14-13(21)15(24)20(3)16(25)19(14)2/h4-6,8H,7H2,1-3H3,(H-,18,23,26,27)/p+1. The van der Waals surface area contributed by atoms with Gasteiger partial charge < -0.3 is 9.88 Å². The van der Waals surface area contributed by atoms with Crippen molar-refractivity contribution in [2.24, 2.45) is 14.1 Å². The van der Waals surface area contributed by atoms with Crippen LogP contribution >= 0.6 is 0 Å². The van der Waals surface area contributed by atoms with Crippen molar-refractivity contribution in [1.29, 1.82) is 0 Å². The Morgan fingerprint density at radius 3 is 2.63 bits per heavy atom. The van der Waals surface area contributed by atoms with Crippen molar-refractivity contribution in [3.8, 4) is 0 Å². The molecular formula is C16H17N6O5+. The minimum Gasteiger partial charge on any atom is -0.319 e. The maximum absolute atomic E-state index is 12.4. The largest absolute Gasteiger partial charge is 0.340 e. The monoisotopic (exact) mass is 373 g/mol. The van der Waals surface area contributed by atoms with E-state index in [1.807, 2.05) is 0 Å². The van der Waals surface area contributed by atoms with Gasteiger partial charge in [0.15, 0.2) is 11.2 Å². The number of hydrogen-bond donors (Lipinski definition) is 2. The highest BCUT2D eigenvalue weighted by atomic mass is 16.6. The van der Waals surface area contributed by atoms with Crippen LogP contribution in [0, 0.1) is 11.8 Å².